The maximum Gasteiger partial charge on any atom is 0.319 e. The molecule has 0 bridgehead atoms. The molecule has 2 rings (SSSR count). The lowest BCUT2D eigenvalue weighted by Gasteiger charge is -2.11. The molecule has 0 unspecified atom stereocenters. The molecule has 0 fully saturated rings. The summed E-state index contributed by atoms with van der Waals surface area (Å²) in [4.78, 5) is 23.7. The van der Waals surface area contributed by atoms with Crippen LogP contribution in [-0.2, 0) is 0 Å². The summed E-state index contributed by atoms with van der Waals surface area (Å²) in [6.45, 7) is 4.32. The molecular formula is C14H15FN4O3. The van der Waals surface area contributed by atoms with E-state index in [0.29, 0.717) is 13.2 Å². The minimum absolute atomic E-state index is 0.133. The minimum Gasteiger partial charge on any atom is -0.476 e. The zero-order valence-electron chi connectivity index (χ0n) is 12.2. The van der Waals surface area contributed by atoms with Crippen molar-refractivity contribution >= 4 is 11.6 Å². The van der Waals surface area contributed by atoms with Gasteiger partial charge in [0.2, 0.25) is 5.88 Å². The lowest BCUT2D eigenvalue weighted by molar-refractivity contribution is 0.102. The van der Waals surface area contributed by atoms with E-state index in [9.17, 15) is 9.18 Å². The Balaban J connectivity index is 2.24. The number of hydrogen-bond donors (Lipinski definition) is 1. The van der Waals surface area contributed by atoms with Gasteiger partial charge in [-0.1, -0.05) is 0 Å². The number of halogens is 1. The molecule has 0 aliphatic rings. The molecule has 0 atom stereocenters. The van der Waals surface area contributed by atoms with Crippen LogP contribution in [0.3, 0.4) is 0 Å². The first-order valence-electron chi connectivity index (χ1n) is 6.69. The van der Waals surface area contributed by atoms with Gasteiger partial charge in [-0.2, -0.15) is 4.98 Å². The molecule has 7 nitrogen and oxygen atoms in total. The van der Waals surface area contributed by atoms with Crippen molar-refractivity contribution in [2.45, 2.75) is 13.8 Å². The standard InChI is InChI=1S/C14H15FN4O3/c1-3-21-13-11(8-17-14(19-13)22-4-2)18-12(20)9-5-6-16-7-10(9)15/h5-8H,3-4H2,1-2H3,(H,18,20). The van der Waals surface area contributed by atoms with Crippen LogP contribution in [0.5, 0.6) is 11.9 Å². The Morgan fingerprint density at radius 3 is 2.73 bits per heavy atom. The Morgan fingerprint density at radius 2 is 2.05 bits per heavy atom. The van der Waals surface area contributed by atoms with Gasteiger partial charge in [-0.3, -0.25) is 9.78 Å². The zero-order chi connectivity index (χ0) is 15.9. The number of aromatic nitrogens is 3. The summed E-state index contributed by atoms with van der Waals surface area (Å²) < 4.78 is 24.1. The first-order valence-corrected chi connectivity index (χ1v) is 6.69. The summed E-state index contributed by atoms with van der Waals surface area (Å²) in [5.41, 5.74) is 0.0952. The summed E-state index contributed by atoms with van der Waals surface area (Å²) in [7, 11) is 0. The molecule has 116 valence electrons. The Morgan fingerprint density at radius 1 is 1.27 bits per heavy atom. The minimum atomic E-state index is -0.718. The van der Waals surface area contributed by atoms with Gasteiger partial charge in [-0.15, -0.1) is 0 Å². The van der Waals surface area contributed by atoms with Crippen molar-refractivity contribution in [3.63, 3.8) is 0 Å². The number of ether oxygens (including phenoxy) is 2. The highest BCUT2D eigenvalue weighted by molar-refractivity contribution is 6.04. The molecule has 1 amide bonds. The fraction of sp³-hybridized carbons (Fsp3) is 0.286. The Kier molecular flexibility index (Phi) is 5.18. The highest BCUT2D eigenvalue weighted by Crippen LogP contribution is 2.24. The monoisotopic (exact) mass is 306 g/mol. The van der Waals surface area contributed by atoms with Crippen LogP contribution in [0.1, 0.15) is 24.2 Å². The van der Waals surface area contributed by atoms with Crippen LogP contribution in [0.2, 0.25) is 0 Å². The summed E-state index contributed by atoms with van der Waals surface area (Å²) in [5.74, 6) is -1.21. The van der Waals surface area contributed by atoms with Gasteiger partial charge in [0.1, 0.15) is 5.69 Å². The van der Waals surface area contributed by atoms with E-state index in [2.05, 4.69) is 20.3 Å². The van der Waals surface area contributed by atoms with Gasteiger partial charge in [0.15, 0.2) is 5.82 Å². The number of carbonyl (C=O) groups is 1. The summed E-state index contributed by atoms with van der Waals surface area (Å²) in [6, 6.07) is 1.42. The van der Waals surface area contributed by atoms with Crippen molar-refractivity contribution < 1.29 is 18.7 Å². The van der Waals surface area contributed by atoms with E-state index >= 15 is 0 Å². The predicted octanol–water partition coefficient (Wildman–Crippen LogP) is 2.06. The molecule has 1 N–H and O–H groups in total. The number of nitrogens with zero attached hydrogens (tertiary/aromatic N) is 3. The molecule has 0 aliphatic heterocycles. The summed E-state index contributed by atoms with van der Waals surface area (Å²) in [5, 5.41) is 2.51. The van der Waals surface area contributed by atoms with E-state index in [0.717, 1.165) is 6.20 Å². The van der Waals surface area contributed by atoms with Gasteiger partial charge in [0.05, 0.1) is 31.2 Å². The largest absolute Gasteiger partial charge is 0.476 e. The first kappa shape index (κ1) is 15.6. The molecule has 22 heavy (non-hydrogen) atoms. The van der Waals surface area contributed by atoms with E-state index in [-0.39, 0.29) is 23.1 Å². The highest BCUT2D eigenvalue weighted by atomic mass is 19.1. The lowest BCUT2D eigenvalue weighted by Crippen LogP contribution is -2.16. The molecule has 0 saturated carbocycles. The average Bonchev–Trinajstić information content (AvgIpc) is 2.51. The predicted molar refractivity (Wildman–Crippen MR) is 76.5 cm³/mol. The highest BCUT2D eigenvalue weighted by Gasteiger charge is 2.16. The quantitative estimate of drug-likeness (QED) is 0.879. The summed E-state index contributed by atoms with van der Waals surface area (Å²) in [6.07, 6.45) is 3.64. The van der Waals surface area contributed by atoms with Crippen LogP contribution >= 0.6 is 0 Å². The molecule has 0 aromatic carbocycles. The molecule has 0 saturated heterocycles. The van der Waals surface area contributed by atoms with Crippen LogP contribution in [0.25, 0.3) is 0 Å². The maximum absolute atomic E-state index is 13.6. The van der Waals surface area contributed by atoms with Crippen molar-refractivity contribution in [3.05, 3.63) is 36.0 Å². The molecule has 2 aromatic heterocycles. The molecule has 2 heterocycles. The average molecular weight is 306 g/mol. The third-order valence-corrected chi connectivity index (χ3v) is 2.55. The van der Waals surface area contributed by atoms with E-state index in [1.807, 2.05) is 0 Å². The van der Waals surface area contributed by atoms with Crippen molar-refractivity contribution in [1.29, 1.82) is 0 Å². The van der Waals surface area contributed by atoms with Gasteiger partial charge < -0.3 is 14.8 Å². The number of rotatable bonds is 6. The first-order chi connectivity index (χ1) is 10.7. The fourth-order valence-corrected chi connectivity index (χ4v) is 1.63. The SMILES string of the molecule is CCOc1ncc(NC(=O)c2ccncc2F)c(OCC)n1. The van der Waals surface area contributed by atoms with Gasteiger partial charge in [-0.25, -0.2) is 9.37 Å². The van der Waals surface area contributed by atoms with Crippen LogP contribution in [0, 0.1) is 5.82 Å². The number of hydrogen-bond acceptors (Lipinski definition) is 6. The second kappa shape index (κ2) is 7.30. The number of nitrogens with one attached hydrogen (secondary N) is 1. The van der Waals surface area contributed by atoms with Gasteiger partial charge in [0, 0.05) is 6.20 Å². The van der Waals surface area contributed by atoms with Crippen molar-refractivity contribution in [2.75, 3.05) is 18.5 Å². The number of anilines is 1. The third-order valence-electron chi connectivity index (χ3n) is 2.55. The maximum atomic E-state index is 13.6. The van der Waals surface area contributed by atoms with E-state index in [1.54, 1.807) is 13.8 Å². The molecule has 0 spiro atoms. The normalized spacial score (nSPS) is 10.1. The lowest BCUT2D eigenvalue weighted by atomic mass is 10.2. The fourth-order valence-electron chi connectivity index (χ4n) is 1.63. The topological polar surface area (TPSA) is 86.2 Å². The van der Waals surface area contributed by atoms with Crippen LogP contribution in [0.4, 0.5) is 10.1 Å². The third kappa shape index (κ3) is 3.66. The van der Waals surface area contributed by atoms with Crippen LogP contribution in [0.15, 0.2) is 24.7 Å². The molecule has 0 radical (unpaired) electrons. The Bertz CT molecular complexity index is 666. The number of carbonyl (C=O) groups excluding carboxylic acids is 1. The number of pyridine rings is 1. The van der Waals surface area contributed by atoms with Crippen LogP contribution < -0.4 is 14.8 Å². The second-order valence-corrected chi connectivity index (χ2v) is 4.05. The smallest absolute Gasteiger partial charge is 0.319 e. The van der Waals surface area contributed by atoms with Crippen molar-refractivity contribution in [1.82, 2.24) is 15.0 Å². The van der Waals surface area contributed by atoms with Crippen molar-refractivity contribution in [2.24, 2.45) is 0 Å². The van der Waals surface area contributed by atoms with Crippen molar-refractivity contribution in [3.8, 4) is 11.9 Å². The Labute approximate surface area is 126 Å². The van der Waals surface area contributed by atoms with E-state index in [4.69, 9.17) is 9.47 Å². The summed E-state index contributed by atoms with van der Waals surface area (Å²) >= 11 is 0. The van der Waals surface area contributed by atoms with Crippen LogP contribution in [-0.4, -0.2) is 34.1 Å². The number of amides is 1. The second-order valence-electron chi connectivity index (χ2n) is 4.05. The van der Waals surface area contributed by atoms with Gasteiger partial charge in [0.25, 0.3) is 5.91 Å². The van der Waals surface area contributed by atoms with E-state index < -0.39 is 11.7 Å². The van der Waals surface area contributed by atoms with Gasteiger partial charge >= 0.3 is 6.01 Å². The molecule has 8 heteroatoms. The van der Waals surface area contributed by atoms with E-state index in [1.165, 1.54) is 18.5 Å². The molecule has 2 aromatic rings. The zero-order valence-corrected chi connectivity index (χ0v) is 12.2. The molecule has 0 aliphatic carbocycles. The van der Waals surface area contributed by atoms with Gasteiger partial charge in [-0.05, 0) is 19.9 Å². The molecular weight excluding hydrogens is 291 g/mol. The Hall–Kier alpha value is -2.77.